The second-order valence-electron chi connectivity index (χ2n) is 7.29. The SMILES string of the molecule is [2H]C(C)(C)c1ccc(-c2ccnc(-c3cccc4c3oc3ccccc34)c2)cc1. The van der Waals surface area contributed by atoms with Crippen LogP contribution in [0.3, 0.4) is 0 Å². The van der Waals surface area contributed by atoms with E-state index in [1.54, 1.807) is 0 Å². The van der Waals surface area contributed by atoms with E-state index < -0.39 is 5.89 Å². The van der Waals surface area contributed by atoms with Crippen molar-refractivity contribution in [2.75, 3.05) is 0 Å². The topological polar surface area (TPSA) is 26.0 Å². The third-order valence-electron chi connectivity index (χ3n) is 5.24. The number of aromatic nitrogens is 1. The third-order valence-corrected chi connectivity index (χ3v) is 5.24. The van der Waals surface area contributed by atoms with Gasteiger partial charge in [0.05, 0.1) is 5.69 Å². The number of fused-ring (bicyclic) bond motifs is 3. The lowest BCUT2D eigenvalue weighted by atomic mass is 9.98. The number of para-hydroxylation sites is 2. The molecule has 0 bridgehead atoms. The Hall–Kier alpha value is -3.39. The molecular weight excluding hydrogens is 342 g/mol. The van der Waals surface area contributed by atoms with Gasteiger partial charge in [-0.05, 0) is 46.8 Å². The van der Waals surface area contributed by atoms with E-state index in [-0.39, 0.29) is 0 Å². The standard InChI is InChI=1S/C26H21NO/c1-17(2)18-10-12-19(13-11-18)20-14-15-27-24(16-20)23-8-5-7-22-21-6-3-4-9-25(21)28-26(22)23/h3-17H,1-2H3/i17D. The fraction of sp³-hybridized carbons (Fsp3) is 0.115. The zero-order valence-corrected chi connectivity index (χ0v) is 15.9. The van der Waals surface area contributed by atoms with Gasteiger partial charge < -0.3 is 4.42 Å². The van der Waals surface area contributed by atoms with Crippen LogP contribution in [0.15, 0.2) is 89.5 Å². The molecule has 2 nitrogen and oxygen atoms in total. The van der Waals surface area contributed by atoms with Gasteiger partial charge in [-0.3, -0.25) is 4.98 Å². The minimum absolute atomic E-state index is 0.598. The number of nitrogens with zero attached hydrogens (tertiary/aromatic N) is 1. The van der Waals surface area contributed by atoms with Crippen molar-refractivity contribution in [3.63, 3.8) is 0 Å². The second-order valence-corrected chi connectivity index (χ2v) is 7.29. The molecule has 2 heterocycles. The molecule has 0 N–H and O–H groups in total. The molecule has 2 aromatic heterocycles. The highest BCUT2D eigenvalue weighted by Gasteiger charge is 2.13. The number of rotatable bonds is 3. The quantitative estimate of drug-likeness (QED) is 0.332. The molecule has 0 radical (unpaired) electrons. The average Bonchev–Trinajstić information content (AvgIpc) is 3.12. The molecule has 0 fully saturated rings. The molecule has 2 heteroatoms. The number of hydrogen-bond acceptors (Lipinski definition) is 2. The lowest BCUT2D eigenvalue weighted by Crippen LogP contribution is -1.88. The predicted molar refractivity (Wildman–Crippen MR) is 116 cm³/mol. The normalized spacial score (nSPS) is 12.4. The van der Waals surface area contributed by atoms with Crippen molar-refractivity contribution in [2.24, 2.45) is 0 Å². The molecule has 0 atom stereocenters. The molecule has 0 unspecified atom stereocenters. The Morgan fingerprint density at radius 3 is 2.43 bits per heavy atom. The molecule has 0 saturated heterocycles. The summed E-state index contributed by atoms with van der Waals surface area (Å²) in [5.41, 5.74) is 6.84. The molecule has 136 valence electrons. The van der Waals surface area contributed by atoms with Crippen molar-refractivity contribution in [3.8, 4) is 22.4 Å². The summed E-state index contributed by atoms with van der Waals surface area (Å²) in [6, 6.07) is 26.6. The minimum atomic E-state index is -0.598. The van der Waals surface area contributed by atoms with Crippen LogP contribution in [0.1, 0.15) is 26.7 Å². The van der Waals surface area contributed by atoms with Crippen LogP contribution in [0.4, 0.5) is 0 Å². The first-order valence-electron chi connectivity index (χ1n) is 9.98. The van der Waals surface area contributed by atoms with Crippen molar-refractivity contribution in [1.82, 2.24) is 4.98 Å². The Morgan fingerprint density at radius 1 is 0.821 bits per heavy atom. The van der Waals surface area contributed by atoms with Crippen LogP contribution in [0.5, 0.6) is 0 Å². The first kappa shape index (κ1) is 15.6. The fourth-order valence-electron chi connectivity index (χ4n) is 3.70. The monoisotopic (exact) mass is 364 g/mol. The molecule has 5 aromatic rings. The molecule has 28 heavy (non-hydrogen) atoms. The maximum atomic E-state index is 8.20. The molecule has 0 aliphatic rings. The molecule has 3 aromatic carbocycles. The molecule has 0 aliphatic carbocycles. The van der Waals surface area contributed by atoms with Crippen LogP contribution in [0.2, 0.25) is 0 Å². The Bertz CT molecular complexity index is 1330. The van der Waals surface area contributed by atoms with Crippen molar-refractivity contribution in [2.45, 2.75) is 19.7 Å². The lowest BCUT2D eigenvalue weighted by Gasteiger charge is -2.08. The van der Waals surface area contributed by atoms with Gasteiger partial charge >= 0.3 is 0 Å². The molecule has 0 saturated carbocycles. The minimum Gasteiger partial charge on any atom is -0.455 e. The highest BCUT2D eigenvalue weighted by Crippen LogP contribution is 2.36. The lowest BCUT2D eigenvalue weighted by molar-refractivity contribution is 0.670. The van der Waals surface area contributed by atoms with Gasteiger partial charge in [-0.1, -0.05) is 68.4 Å². The van der Waals surface area contributed by atoms with Crippen LogP contribution < -0.4 is 0 Å². The number of hydrogen-bond donors (Lipinski definition) is 0. The molecule has 0 spiro atoms. The number of benzene rings is 3. The first-order valence-corrected chi connectivity index (χ1v) is 9.48. The largest absolute Gasteiger partial charge is 0.455 e. The average molecular weight is 364 g/mol. The van der Waals surface area contributed by atoms with Crippen LogP contribution in [-0.2, 0) is 0 Å². The summed E-state index contributed by atoms with van der Waals surface area (Å²) in [6.45, 7) is 3.81. The zero-order valence-electron chi connectivity index (χ0n) is 16.9. The van der Waals surface area contributed by atoms with Crippen molar-refractivity contribution < 1.29 is 5.79 Å². The summed E-state index contributed by atoms with van der Waals surface area (Å²) in [4.78, 5) is 4.62. The van der Waals surface area contributed by atoms with Gasteiger partial charge in [-0.15, -0.1) is 0 Å². The van der Waals surface area contributed by atoms with Gasteiger partial charge in [0.15, 0.2) is 0 Å². The van der Waals surface area contributed by atoms with Gasteiger partial charge in [-0.2, -0.15) is 0 Å². The fourth-order valence-corrected chi connectivity index (χ4v) is 3.70. The van der Waals surface area contributed by atoms with Crippen LogP contribution in [0.25, 0.3) is 44.3 Å². The number of pyridine rings is 1. The molecular formula is C26H21NO. The van der Waals surface area contributed by atoms with E-state index in [1.165, 1.54) is 0 Å². The van der Waals surface area contributed by atoms with E-state index in [0.29, 0.717) is 0 Å². The third kappa shape index (κ3) is 2.78. The predicted octanol–water partition coefficient (Wildman–Crippen LogP) is 7.44. The molecule has 0 aliphatic heterocycles. The van der Waals surface area contributed by atoms with E-state index in [4.69, 9.17) is 5.79 Å². The molecule has 0 amide bonds. The van der Waals surface area contributed by atoms with Crippen LogP contribution >= 0.6 is 0 Å². The van der Waals surface area contributed by atoms with Crippen LogP contribution in [0, 0.1) is 0 Å². The Morgan fingerprint density at radius 2 is 1.61 bits per heavy atom. The van der Waals surface area contributed by atoms with Crippen molar-refractivity contribution in [3.05, 3.63) is 90.6 Å². The Labute approximate surface area is 165 Å². The van der Waals surface area contributed by atoms with Crippen molar-refractivity contribution >= 4 is 21.9 Å². The Kier molecular flexibility index (Phi) is 3.71. The summed E-state index contributed by atoms with van der Waals surface area (Å²) in [6.07, 6.45) is 1.84. The smallest absolute Gasteiger partial charge is 0.144 e. The summed E-state index contributed by atoms with van der Waals surface area (Å²) in [7, 11) is 0. The van der Waals surface area contributed by atoms with E-state index in [0.717, 1.165) is 49.9 Å². The van der Waals surface area contributed by atoms with E-state index in [1.807, 2.05) is 56.4 Å². The van der Waals surface area contributed by atoms with Gasteiger partial charge in [0.1, 0.15) is 11.2 Å². The Balaban J connectivity index is 1.62. The second kappa shape index (κ2) is 6.65. The van der Waals surface area contributed by atoms with Gasteiger partial charge in [0, 0.05) is 23.9 Å². The highest BCUT2D eigenvalue weighted by atomic mass is 16.3. The summed E-state index contributed by atoms with van der Waals surface area (Å²) in [5, 5.41) is 2.22. The maximum absolute atomic E-state index is 8.20. The van der Waals surface area contributed by atoms with E-state index >= 15 is 0 Å². The highest BCUT2D eigenvalue weighted by molar-refractivity contribution is 6.09. The van der Waals surface area contributed by atoms with Gasteiger partial charge in [0.25, 0.3) is 0 Å². The number of furan rings is 1. The van der Waals surface area contributed by atoms with E-state index in [9.17, 15) is 0 Å². The van der Waals surface area contributed by atoms with Gasteiger partial charge in [0.2, 0.25) is 0 Å². The maximum Gasteiger partial charge on any atom is 0.144 e. The zero-order chi connectivity index (χ0) is 20.0. The van der Waals surface area contributed by atoms with Crippen LogP contribution in [-0.4, -0.2) is 4.98 Å². The first-order chi connectivity index (χ1) is 14.0. The van der Waals surface area contributed by atoms with Gasteiger partial charge in [-0.25, -0.2) is 0 Å². The summed E-state index contributed by atoms with van der Waals surface area (Å²) < 4.78 is 14.4. The molecule has 5 rings (SSSR count). The van der Waals surface area contributed by atoms with E-state index in [2.05, 4.69) is 47.4 Å². The summed E-state index contributed by atoms with van der Waals surface area (Å²) >= 11 is 0. The van der Waals surface area contributed by atoms with Crippen molar-refractivity contribution in [1.29, 1.82) is 0 Å². The summed E-state index contributed by atoms with van der Waals surface area (Å²) in [5.74, 6) is -0.598.